The Morgan fingerprint density at radius 3 is 2.72 bits per heavy atom. The van der Waals surface area contributed by atoms with Crippen LogP contribution in [-0.2, 0) is 4.74 Å². The maximum Gasteiger partial charge on any atom is 0.272 e. The van der Waals surface area contributed by atoms with Crippen LogP contribution in [0.15, 0.2) is 48.5 Å². The van der Waals surface area contributed by atoms with Crippen LogP contribution in [0.2, 0.25) is 0 Å². The number of benzene rings is 2. The molecule has 1 saturated heterocycles. The molecule has 4 rings (SSSR count). The molecule has 1 amide bonds. The smallest absolute Gasteiger partial charge is 0.272 e. The van der Waals surface area contributed by atoms with Gasteiger partial charge in [0.05, 0.1) is 13.2 Å². The molecule has 0 aliphatic carbocycles. The number of aryl methyl sites for hydroxylation is 1. The molecule has 1 aromatic heterocycles. The van der Waals surface area contributed by atoms with Gasteiger partial charge in [-0.3, -0.25) is 4.79 Å². The van der Waals surface area contributed by atoms with E-state index in [0.717, 1.165) is 54.1 Å². The molecule has 0 saturated carbocycles. The lowest BCUT2D eigenvalue weighted by atomic mass is 10.2. The van der Waals surface area contributed by atoms with Crippen LogP contribution in [-0.4, -0.2) is 37.2 Å². The number of fused-ring (bicyclic) bond motifs is 1. The lowest BCUT2D eigenvalue weighted by Crippen LogP contribution is -2.36. The lowest BCUT2D eigenvalue weighted by Gasteiger charge is -2.29. The summed E-state index contributed by atoms with van der Waals surface area (Å²) < 4.78 is 5.40. The van der Waals surface area contributed by atoms with Gasteiger partial charge in [-0.15, -0.1) is 0 Å². The minimum Gasteiger partial charge on any atom is -0.378 e. The third-order valence-electron chi connectivity index (χ3n) is 4.59. The Balaban J connectivity index is 1.54. The summed E-state index contributed by atoms with van der Waals surface area (Å²) in [5, 5.41) is 4.04. The number of carbonyl (C=O) groups excluding carboxylic acids is 1. The lowest BCUT2D eigenvalue weighted by molar-refractivity contribution is 0.102. The van der Waals surface area contributed by atoms with Gasteiger partial charge in [0.2, 0.25) is 0 Å². The van der Waals surface area contributed by atoms with Gasteiger partial charge in [-0.2, -0.15) is 0 Å². The van der Waals surface area contributed by atoms with Crippen molar-refractivity contribution in [1.82, 2.24) is 4.98 Å². The number of aromatic amines is 1. The Bertz CT molecular complexity index is 910. The van der Waals surface area contributed by atoms with E-state index in [1.54, 1.807) is 0 Å². The molecule has 0 unspecified atom stereocenters. The van der Waals surface area contributed by atoms with Gasteiger partial charge in [-0.25, -0.2) is 0 Å². The van der Waals surface area contributed by atoms with Crippen LogP contribution in [0.1, 0.15) is 16.1 Å². The molecule has 0 spiro atoms. The first-order valence-corrected chi connectivity index (χ1v) is 8.53. The summed E-state index contributed by atoms with van der Waals surface area (Å²) in [6.45, 7) is 5.26. The van der Waals surface area contributed by atoms with Crippen molar-refractivity contribution in [2.24, 2.45) is 0 Å². The molecule has 1 fully saturated rings. The van der Waals surface area contributed by atoms with Crippen LogP contribution in [0.25, 0.3) is 10.9 Å². The highest BCUT2D eigenvalue weighted by atomic mass is 16.5. The van der Waals surface area contributed by atoms with Crippen LogP contribution in [0.4, 0.5) is 11.4 Å². The minimum absolute atomic E-state index is 0.130. The van der Waals surface area contributed by atoms with Crippen molar-refractivity contribution in [2.45, 2.75) is 6.92 Å². The largest absolute Gasteiger partial charge is 0.378 e. The van der Waals surface area contributed by atoms with Crippen molar-refractivity contribution in [1.29, 1.82) is 0 Å². The number of hydrogen-bond acceptors (Lipinski definition) is 3. The molecule has 25 heavy (non-hydrogen) atoms. The first-order valence-electron chi connectivity index (χ1n) is 8.53. The Kier molecular flexibility index (Phi) is 4.15. The second-order valence-corrected chi connectivity index (χ2v) is 6.33. The van der Waals surface area contributed by atoms with Crippen molar-refractivity contribution in [3.63, 3.8) is 0 Å². The van der Waals surface area contributed by atoms with Crippen molar-refractivity contribution in [2.75, 3.05) is 36.5 Å². The Hall–Kier alpha value is -2.79. The summed E-state index contributed by atoms with van der Waals surface area (Å²) >= 11 is 0. The highest BCUT2D eigenvalue weighted by Crippen LogP contribution is 2.22. The van der Waals surface area contributed by atoms with Gasteiger partial charge in [0.15, 0.2) is 0 Å². The van der Waals surface area contributed by atoms with Crippen molar-refractivity contribution in [3.8, 4) is 0 Å². The fraction of sp³-hybridized carbons (Fsp3) is 0.250. The third kappa shape index (κ3) is 3.23. The molecule has 2 N–H and O–H groups in total. The molecular formula is C20H21N3O2. The predicted molar refractivity (Wildman–Crippen MR) is 100 cm³/mol. The van der Waals surface area contributed by atoms with E-state index in [1.165, 1.54) is 0 Å². The van der Waals surface area contributed by atoms with E-state index in [2.05, 4.69) is 21.3 Å². The first kappa shape index (κ1) is 15.7. The molecule has 128 valence electrons. The number of amides is 1. The number of aromatic nitrogens is 1. The zero-order valence-electron chi connectivity index (χ0n) is 14.2. The van der Waals surface area contributed by atoms with Gasteiger partial charge in [-0.05, 0) is 36.8 Å². The van der Waals surface area contributed by atoms with Gasteiger partial charge in [0.1, 0.15) is 5.69 Å². The number of morpholine rings is 1. The minimum atomic E-state index is -0.130. The molecule has 0 bridgehead atoms. The van der Waals surface area contributed by atoms with E-state index < -0.39 is 0 Å². The van der Waals surface area contributed by atoms with Gasteiger partial charge < -0.3 is 19.9 Å². The number of rotatable bonds is 3. The highest BCUT2D eigenvalue weighted by molar-refractivity contribution is 6.06. The van der Waals surface area contributed by atoms with Crippen LogP contribution >= 0.6 is 0 Å². The maximum atomic E-state index is 12.6. The quantitative estimate of drug-likeness (QED) is 0.769. The van der Waals surface area contributed by atoms with Crippen molar-refractivity contribution in [3.05, 3.63) is 59.8 Å². The van der Waals surface area contributed by atoms with Crippen LogP contribution in [0.5, 0.6) is 0 Å². The Labute approximate surface area is 146 Å². The van der Waals surface area contributed by atoms with Crippen molar-refractivity contribution >= 4 is 28.2 Å². The van der Waals surface area contributed by atoms with Gasteiger partial charge in [0, 0.05) is 35.4 Å². The fourth-order valence-corrected chi connectivity index (χ4v) is 3.23. The molecular weight excluding hydrogens is 314 g/mol. The third-order valence-corrected chi connectivity index (χ3v) is 4.59. The summed E-state index contributed by atoms with van der Waals surface area (Å²) in [4.78, 5) is 18.1. The average Bonchev–Trinajstić information content (AvgIpc) is 3.09. The van der Waals surface area contributed by atoms with Crippen LogP contribution in [0, 0.1) is 6.92 Å². The number of nitrogens with one attached hydrogen (secondary N) is 2. The molecule has 1 aliphatic heterocycles. The average molecular weight is 335 g/mol. The number of anilines is 2. The van der Waals surface area contributed by atoms with E-state index in [1.807, 2.05) is 49.4 Å². The van der Waals surface area contributed by atoms with E-state index >= 15 is 0 Å². The number of carbonyl (C=O) groups is 1. The summed E-state index contributed by atoms with van der Waals surface area (Å²) in [5.41, 5.74) is 4.61. The van der Waals surface area contributed by atoms with E-state index in [-0.39, 0.29) is 5.91 Å². The molecule has 5 nitrogen and oxygen atoms in total. The summed E-state index contributed by atoms with van der Waals surface area (Å²) in [6.07, 6.45) is 0. The van der Waals surface area contributed by atoms with E-state index in [4.69, 9.17) is 4.74 Å². The normalized spacial score (nSPS) is 14.7. The zero-order chi connectivity index (χ0) is 17.2. The van der Waals surface area contributed by atoms with Crippen molar-refractivity contribution < 1.29 is 9.53 Å². The standard InChI is InChI=1S/C20H21N3O2/c1-14-4-2-5-15-12-18(22-19(14)15)20(24)21-16-6-3-7-17(13-16)23-8-10-25-11-9-23/h2-7,12-13,22H,8-11H2,1H3,(H,21,24). The molecule has 3 aromatic rings. The molecule has 5 heteroatoms. The monoisotopic (exact) mass is 335 g/mol. The van der Waals surface area contributed by atoms with Gasteiger partial charge in [0.25, 0.3) is 5.91 Å². The number of ether oxygens (including phenoxy) is 1. The summed E-state index contributed by atoms with van der Waals surface area (Å²) in [5.74, 6) is -0.130. The molecule has 0 radical (unpaired) electrons. The van der Waals surface area contributed by atoms with Crippen LogP contribution < -0.4 is 10.2 Å². The molecule has 2 aromatic carbocycles. The van der Waals surface area contributed by atoms with Crippen LogP contribution in [0.3, 0.4) is 0 Å². The zero-order valence-corrected chi connectivity index (χ0v) is 14.2. The van der Waals surface area contributed by atoms with Gasteiger partial charge in [-0.1, -0.05) is 24.3 Å². The SMILES string of the molecule is Cc1cccc2cc(C(=O)Nc3cccc(N4CCOCC4)c3)[nH]c12. The Morgan fingerprint density at radius 1 is 1.12 bits per heavy atom. The number of nitrogens with zero attached hydrogens (tertiary/aromatic N) is 1. The number of para-hydroxylation sites is 1. The summed E-state index contributed by atoms with van der Waals surface area (Å²) in [7, 11) is 0. The topological polar surface area (TPSA) is 57.4 Å². The van der Waals surface area contributed by atoms with Gasteiger partial charge >= 0.3 is 0 Å². The second-order valence-electron chi connectivity index (χ2n) is 6.33. The maximum absolute atomic E-state index is 12.6. The first-order chi connectivity index (χ1) is 12.2. The summed E-state index contributed by atoms with van der Waals surface area (Å²) in [6, 6.07) is 15.9. The molecule has 0 atom stereocenters. The molecule has 2 heterocycles. The highest BCUT2D eigenvalue weighted by Gasteiger charge is 2.14. The fourth-order valence-electron chi connectivity index (χ4n) is 3.23. The molecule has 1 aliphatic rings. The Morgan fingerprint density at radius 2 is 1.92 bits per heavy atom. The van der Waals surface area contributed by atoms with E-state index in [0.29, 0.717) is 5.69 Å². The number of H-pyrrole nitrogens is 1. The number of hydrogen-bond donors (Lipinski definition) is 2. The van der Waals surface area contributed by atoms with E-state index in [9.17, 15) is 4.79 Å². The predicted octanol–water partition coefficient (Wildman–Crippen LogP) is 3.57. The second kappa shape index (κ2) is 6.61.